The van der Waals surface area contributed by atoms with Crippen molar-refractivity contribution in [2.75, 3.05) is 13.1 Å². The fourth-order valence-corrected chi connectivity index (χ4v) is 3.13. The van der Waals surface area contributed by atoms with Crippen LogP contribution < -0.4 is 0 Å². The van der Waals surface area contributed by atoms with Crippen molar-refractivity contribution >= 4 is 5.71 Å². The number of hydrogen-bond donors (Lipinski definition) is 0. The lowest BCUT2D eigenvalue weighted by Crippen LogP contribution is -2.21. The standard InChI is InChI=1S/C15H20NO/c1-3-16-9-8-12-10-13(5-6-14(12)16)15-7-4-11(2)17-15/h4-7,12-13H,3,8-10H2,1-2H3/q+1/t12-,13-/m1/s1. The van der Waals surface area contributed by atoms with Crippen LogP contribution in [0.3, 0.4) is 0 Å². The predicted octanol–water partition coefficient (Wildman–Crippen LogP) is 3.12. The van der Waals surface area contributed by atoms with E-state index >= 15 is 0 Å². The van der Waals surface area contributed by atoms with Crippen LogP contribution in [-0.2, 0) is 0 Å². The van der Waals surface area contributed by atoms with Crippen molar-refractivity contribution in [3.63, 3.8) is 0 Å². The third kappa shape index (κ3) is 1.86. The van der Waals surface area contributed by atoms with Crippen LogP contribution >= 0.6 is 0 Å². The minimum absolute atomic E-state index is 0.481. The molecule has 0 bridgehead atoms. The molecule has 0 spiro atoms. The van der Waals surface area contributed by atoms with Gasteiger partial charge in [-0.25, -0.2) is 4.58 Å². The maximum atomic E-state index is 5.75. The van der Waals surface area contributed by atoms with E-state index in [1.54, 1.807) is 5.71 Å². The zero-order chi connectivity index (χ0) is 11.8. The lowest BCUT2D eigenvalue weighted by atomic mass is 9.83. The summed E-state index contributed by atoms with van der Waals surface area (Å²) in [5, 5.41) is 0. The highest BCUT2D eigenvalue weighted by Gasteiger charge is 2.35. The number of fused-ring (bicyclic) bond motifs is 1. The zero-order valence-corrected chi connectivity index (χ0v) is 10.6. The summed E-state index contributed by atoms with van der Waals surface area (Å²) in [6.45, 7) is 6.62. The molecule has 17 heavy (non-hydrogen) atoms. The van der Waals surface area contributed by atoms with Crippen LogP contribution in [0.1, 0.15) is 37.2 Å². The molecule has 2 aliphatic rings. The van der Waals surface area contributed by atoms with Crippen LogP contribution in [0, 0.1) is 12.8 Å². The lowest BCUT2D eigenvalue weighted by Gasteiger charge is -2.18. The molecule has 2 atom stereocenters. The lowest BCUT2D eigenvalue weighted by molar-refractivity contribution is -0.515. The van der Waals surface area contributed by atoms with E-state index in [0.29, 0.717) is 5.92 Å². The Kier molecular flexibility index (Phi) is 2.65. The topological polar surface area (TPSA) is 16.1 Å². The van der Waals surface area contributed by atoms with Crippen molar-refractivity contribution in [3.8, 4) is 0 Å². The van der Waals surface area contributed by atoms with Gasteiger partial charge in [0.25, 0.3) is 0 Å². The van der Waals surface area contributed by atoms with E-state index in [0.717, 1.165) is 24.0 Å². The fourth-order valence-electron chi connectivity index (χ4n) is 3.13. The highest BCUT2D eigenvalue weighted by Crippen LogP contribution is 2.34. The molecule has 0 aromatic carbocycles. The second kappa shape index (κ2) is 4.17. The average molecular weight is 230 g/mol. The molecule has 0 fully saturated rings. The summed E-state index contributed by atoms with van der Waals surface area (Å²) in [5.41, 5.74) is 1.55. The molecule has 3 rings (SSSR count). The maximum absolute atomic E-state index is 5.75. The molecular weight excluding hydrogens is 210 g/mol. The van der Waals surface area contributed by atoms with E-state index in [4.69, 9.17) is 4.42 Å². The van der Waals surface area contributed by atoms with Crippen LogP contribution in [0.2, 0.25) is 0 Å². The first-order chi connectivity index (χ1) is 8.28. The summed E-state index contributed by atoms with van der Waals surface area (Å²) in [7, 11) is 0. The van der Waals surface area contributed by atoms with Crippen molar-refractivity contribution < 1.29 is 8.99 Å². The van der Waals surface area contributed by atoms with Gasteiger partial charge in [0.1, 0.15) is 24.6 Å². The second-order valence-corrected chi connectivity index (χ2v) is 5.14. The summed E-state index contributed by atoms with van der Waals surface area (Å²) in [6.07, 6.45) is 7.17. The van der Waals surface area contributed by atoms with E-state index in [-0.39, 0.29) is 0 Å². The van der Waals surface area contributed by atoms with Gasteiger partial charge in [-0.2, -0.15) is 0 Å². The molecule has 1 aromatic rings. The molecule has 0 saturated carbocycles. The monoisotopic (exact) mass is 230 g/mol. The van der Waals surface area contributed by atoms with Crippen molar-refractivity contribution in [1.82, 2.24) is 0 Å². The Labute approximate surface area is 103 Å². The molecule has 0 N–H and O–H groups in total. The van der Waals surface area contributed by atoms with Crippen molar-refractivity contribution in [3.05, 3.63) is 35.8 Å². The normalized spacial score (nSPS) is 27.6. The highest BCUT2D eigenvalue weighted by atomic mass is 16.3. The van der Waals surface area contributed by atoms with Gasteiger partial charge >= 0.3 is 0 Å². The summed E-state index contributed by atoms with van der Waals surface area (Å²) >= 11 is 0. The van der Waals surface area contributed by atoms with Crippen molar-refractivity contribution in [1.29, 1.82) is 0 Å². The quantitative estimate of drug-likeness (QED) is 0.713. The molecule has 1 aliphatic heterocycles. The summed E-state index contributed by atoms with van der Waals surface area (Å²) < 4.78 is 8.26. The molecule has 0 saturated heterocycles. The SMILES string of the molecule is CC[N+]1=C2C=C[C@@H](c3ccc(C)o3)C[C@H]2CC1. The van der Waals surface area contributed by atoms with Crippen LogP contribution in [0.25, 0.3) is 0 Å². The van der Waals surface area contributed by atoms with E-state index in [2.05, 4.69) is 35.8 Å². The molecule has 2 heterocycles. The first kappa shape index (κ1) is 10.8. The Bertz CT molecular complexity index is 481. The van der Waals surface area contributed by atoms with Crippen LogP contribution in [0.15, 0.2) is 28.7 Å². The third-order valence-corrected chi connectivity index (χ3v) is 4.08. The minimum Gasteiger partial charge on any atom is -0.466 e. The number of hydrogen-bond acceptors (Lipinski definition) is 1. The Morgan fingerprint density at radius 2 is 2.29 bits per heavy atom. The first-order valence-electron chi connectivity index (χ1n) is 6.64. The van der Waals surface area contributed by atoms with Gasteiger partial charge in [-0.1, -0.05) is 6.08 Å². The minimum atomic E-state index is 0.481. The van der Waals surface area contributed by atoms with Gasteiger partial charge in [0, 0.05) is 18.4 Å². The summed E-state index contributed by atoms with van der Waals surface area (Å²) in [5.74, 6) is 3.38. The first-order valence-corrected chi connectivity index (χ1v) is 6.64. The van der Waals surface area contributed by atoms with Crippen LogP contribution in [-0.4, -0.2) is 23.4 Å². The molecule has 1 aromatic heterocycles. The van der Waals surface area contributed by atoms with Gasteiger partial charge in [-0.15, -0.1) is 0 Å². The van der Waals surface area contributed by atoms with E-state index < -0.39 is 0 Å². The van der Waals surface area contributed by atoms with Gasteiger partial charge in [-0.3, -0.25) is 0 Å². The maximum Gasteiger partial charge on any atom is 0.179 e. The Morgan fingerprint density at radius 3 is 3.00 bits per heavy atom. The van der Waals surface area contributed by atoms with Gasteiger partial charge in [0.15, 0.2) is 5.71 Å². The fraction of sp³-hybridized carbons (Fsp3) is 0.533. The number of allylic oxidation sites excluding steroid dienone is 2. The summed E-state index contributed by atoms with van der Waals surface area (Å²) in [6, 6.07) is 4.19. The van der Waals surface area contributed by atoms with Crippen LogP contribution in [0.4, 0.5) is 0 Å². The Morgan fingerprint density at radius 1 is 1.41 bits per heavy atom. The van der Waals surface area contributed by atoms with E-state index in [1.165, 1.54) is 19.4 Å². The highest BCUT2D eigenvalue weighted by molar-refractivity contribution is 5.94. The second-order valence-electron chi connectivity index (χ2n) is 5.14. The largest absolute Gasteiger partial charge is 0.466 e. The molecule has 2 heteroatoms. The Balaban J connectivity index is 1.86. The zero-order valence-electron chi connectivity index (χ0n) is 10.6. The predicted molar refractivity (Wildman–Crippen MR) is 68.7 cm³/mol. The van der Waals surface area contributed by atoms with Crippen LogP contribution in [0.5, 0.6) is 0 Å². The smallest absolute Gasteiger partial charge is 0.179 e. The van der Waals surface area contributed by atoms with Crippen molar-refractivity contribution in [2.24, 2.45) is 5.92 Å². The third-order valence-electron chi connectivity index (χ3n) is 4.08. The molecule has 2 nitrogen and oxygen atoms in total. The average Bonchev–Trinajstić information content (AvgIpc) is 2.94. The van der Waals surface area contributed by atoms with Gasteiger partial charge < -0.3 is 4.42 Å². The summed E-state index contributed by atoms with van der Waals surface area (Å²) in [4.78, 5) is 0. The molecule has 0 amide bonds. The van der Waals surface area contributed by atoms with Gasteiger partial charge in [-0.05, 0) is 32.4 Å². The number of nitrogens with zero attached hydrogens (tertiary/aromatic N) is 1. The van der Waals surface area contributed by atoms with Gasteiger partial charge in [0.2, 0.25) is 0 Å². The molecule has 1 aliphatic carbocycles. The number of aryl methyl sites for hydroxylation is 1. The van der Waals surface area contributed by atoms with Crippen molar-refractivity contribution in [2.45, 2.75) is 32.6 Å². The number of furan rings is 1. The molecule has 90 valence electrons. The number of rotatable bonds is 2. The Hall–Kier alpha value is -1.31. The molecular formula is C15H20NO+. The van der Waals surface area contributed by atoms with E-state index in [1.807, 2.05) is 6.92 Å². The van der Waals surface area contributed by atoms with Gasteiger partial charge in [0.05, 0.1) is 5.92 Å². The molecule has 0 radical (unpaired) electrons. The molecule has 0 unspecified atom stereocenters. The van der Waals surface area contributed by atoms with E-state index in [9.17, 15) is 0 Å².